The van der Waals surface area contributed by atoms with Crippen LogP contribution in [0.2, 0.25) is 0 Å². The second-order valence-electron chi connectivity index (χ2n) is 4.99. The molecule has 0 amide bonds. The Morgan fingerprint density at radius 2 is 2.14 bits per heavy atom. The van der Waals surface area contributed by atoms with Gasteiger partial charge in [0.15, 0.2) is 12.4 Å². The van der Waals surface area contributed by atoms with Gasteiger partial charge in [-0.2, -0.15) is 4.98 Å². The minimum Gasteiger partial charge on any atom is -0.497 e. The first-order chi connectivity index (χ1) is 10.1. The van der Waals surface area contributed by atoms with Gasteiger partial charge >= 0.3 is 0 Å². The molecule has 114 valence electrons. The van der Waals surface area contributed by atoms with Gasteiger partial charge in [0.25, 0.3) is 5.89 Å². The van der Waals surface area contributed by atoms with Crippen molar-refractivity contribution >= 4 is 0 Å². The molecule has 2 aromatic rings. The van der Waals surface area contributed by atoms with Gasteiger partial charge in [-0.05, 0) is 13.1 Å². The lowest BCUT2D eigenvalue weighted by Crippen LogP contribution is -2.08. The summed E-state index contributed by atoms with van der Waals surface area (Å²) in [5.74, 6) is 2.89. The average Bonchev–Trinajstić information content (AvgIpc) is 2.95. The number of nitrogens with one attached hydrogen (secondary N) is 1. The van der Waals surface area contributed by atoms with Crippen LogP contribution in [0.1, 0.15) is 37.0 Å². The summed E-state index contributed by atoms with van der Waals surface area (Å²) in [5.41, 5.74) is 1.04. The topological polar surface area (TPSA) is 69.4 Å². The summed E-state index contributed by atoms with van der Waals surface area (Å²) in [7, 11) is 3.52. The van der Waals surface area contributed by atoms with Crippen molar-refractivity contribution in [1.82, 2.24) is 15.5 Å². The van der Waals surface area contributed by atoms with Crippen LogP contribution in [-0.2, 0) is 13.2 Å². The first-order valence-corrected chi connectivity index (χ1v) is 6.90. The zero-order valence-electron chi connectivity index (χ0n) is 12.8. The highest BCUT2D eigenvalue weighted by molar-refractivity contribution is 5.40. The molecule has 0 unspecified atom stereocenters. The molecule has 0 aliphatic rings. The van der Waals surface area contributed by atoms with E-state index >= 15 is 0 Å². The summed E-state index contributed by atoms with van der Waals surface area (Å²) in [6.45, 7) is 4.98. The molecular formula is C15H21N3O3. The summed E-state index contributed by atoms with van der Waals surface area (Å²) in [6.07, 6.45) is 0. The molecule has 0 fully saturated rings. The second kappa shape index (κ2) is 7.08. The number of methoxy groups -OCH3 is 1. The highest BCUT2D eigenvalue weighted by atomic mass is 16.5. The summed E-state index contributed by atoms with van der Waals surface area (Å²) < 4.78 is 16.2. The van der Waals surface area contributed by atoms with Crippen LogP contribution in [-0.4, -0.2) is 24.3 Å². The largest absolute Gasteiger partial charge is 0.497 e. The SMILES string of the molecule is CNCc1ccc(OC)cc1OCc1nc(C(C)C)no1. The Hall–Kier alpha value is -2.08. The van der Waals surface area contributed by atoms with E-state index in [0.29, 0.717) is 18.3 Å². The third-order valence-electron chi connectivity index (χ3n) is 2.99. The monoisotopic (exact) mass is 291 g/mol. The van der Waals surface area contributed by atoms with Crippen molar-refractivity contribution in [3.8, 4) is 11.5 Å². The Balaban J connectivity index is 2.09. The van der Waals surface area contributed by atoms with Crippen LogP contribution in [0.25, 0.3) is 0 Å². The summed E-state index contributed by atoms with van der Waals surface area (Å²) in [5, 5.41) is 7.02. The first-order valence-electron chi connectivity index (χ1n) is 6.90. The van der Waals surface area contributed by atoms with Crippen LogP contribution in [0.4, 0.5) is 0 Å². The fourth-order valence-corrected chi connectivity index (χ4v) is 1.83. The highest BCUT2D eigenvalue weighted by Crippen LogP contribution is 2.25. The van der Waals surface area contributed by atoms with Crippen LogP contribution in [0, 0.1) is 0 Å². The zero-order valence-corrected chi connectivity index (χ0v) is 12.8. The number of aromatic nitrogens is 2. The van der Waals surface area contributed by atoms with Crippen molar-refractivity contribution in [2.75, 3.05) is 14.2 Å². The molecule has 0 saturated heterocycles. The van der Waals surface area contributed by atoms with E-state index in [-0.39, 0.29) is 12.5 Å². The van der Waals surface area contributed by atoms with Gasteiger partial charge in [-0.3, -0.25) is 0 Å². The van der Waals surface area contributed by atoms with E-state index in [1.807, 2.05) is 39.1 Å². The Kier molecular flexibility index (Phi) is 5.16. The lowest BCUT2D eigenvalue weighted by atomic mass is 10.2. The quantitative estimate of drug-likeness (QED) is 0.845. The van der Waals surface area contributed by atoms with E-state index in [0.717, 1.165) is 17.1 Å². The van der Waals surface area contributed by atoms with Gasteiger partial charge < -0.3 is 19.3 Å². The number of ether oxygens (including phenoxy) is 2. The van der Waals surface area contributed by atoms with E-state index in [4.69, 9.17) is 14.0 Å². The highest BCUT2D eigenvalue weighted by Gasteiger charge is 2.11. The predicted octanol–water partition coefficient (Wildman–Crippen LogP) is 2.50. The molecule has 0 atom stereocenters. The maximum Gasteiger partial charge on any atom is 0.264 e. The molecule has 1 N–H and O–H groups in total. The van der Waals surface area contributed by atoms with Gasteiger partial charge in [-0.1, -0.05) is 25.1 Å². The summed E-state index contributed by atoms with van der Waals surface area (Å²) in [4.78, 5) is 4.29. The van der Waals surface area contributed by atoms with Gasteiger partial charge in [-0.25, -0.2) is 0 Å². The first kappa shape index (κ1) is 15.3. The smallest absolute Gasteiger partial charge is 0.264 e. The van der Waals surface area contributed by atoms with Gasteiger partial charge in [0, 0.05) is 24.1 Å². The van der Waals surface area contributed by atoms with Crippen molar-refractivity contribution in [3.05, 3.63) is 35.5 Å². The maximum absolute atomic E-state index is 5.80. The molecule has 0 radical (unpaired) electrons. The van der Waals surface area contributed by atoms with Gasteiger partial charge in [0.1, 0.15) is 11.5 Å². The lowest BCUT2D eigenvalue weighted by Gasteiger charge is -2.11. The van der Waals surface area contributed by atoms with Gasteiger partial charge in [-0.15, -0.1) is 0 Å². The van der Waals surface area contributed by atoms with E-state index in [9.17, 15) is 0 Å². The average molecular weight is 291 g/mol. The molecule has 0 saturated carbocycles. The van der Waals surface area contributed by atoms with Crippen LogP contribution < -0.4 is 14.8 Å². The Bertz CT molecular complexity index is 581. The number of rotatable bonds is 7. The fourth-order valence-electron chi connectivity index (χ4n) is 1.83. The lowest BCUT2D eigenvalue weighted by molar-refractivity contribution is 0.239. The van der Waals surface area contributed by atoms with Gasteiger partial charge in [0.2, 0.25) is 0 Å². The number of benzene rings is 1. The van der Waals surface area contributed by atoms with E-state index in [1.54, 1.807) is 7.11 Å². The van der Waals surface area contributed by atoms with Gasteiger partial charge in [0.05, 0.1) is 7.11 Å². The zero-order chi connectivity index (χ0) is 15.2. The number of hydrogen-bond acceptors (Lipinski definition) is 6. The van der Waals surface area contributed by atoms with Crippen LogP contribution in [0.3, 0.4) is 0 Å². The molecule has 6 heteroatoms. The Morgan fingerprint density at radius 3 is 2.76 bits per heavy atom. The van der Waals surface area contributed by atoms with E-state index in [2.05, 4.69) is 15.5 Å². The number of hydrogen-bond donors (Lipinski definition) is 1. The van der Waals surface area contributed by atoms with E-state index in [1.165, 1.54) is 0 Å². The van der Waals surface area contributed by atoms with Crippen molar-refractivity contribution in [1.29, 1.82) is 0 Å². The minimum atomic E-state index is 0.235. The molecule has 21 heavy (non-hydrogen) atoms. The fraction of sp³-hybridized carbons (Fsp3) is 0.467. The molecule has 1 aromatic carbocycles. The van der Waals surface area contributed by atoms with Crippen molar-refractivity contribution in [3.63, 3.8) is 0 Å². The van der Waals surface area contributed by atoms with Crippen molar-refractivity contribution < 1.29 is 14.0 Å². The van der Waals surface area contributed by atoms with Crippen LogP contribution in [0.5, 0.6) is 11.5 Å². The molecule has 1 aromatic heterocycles. The number of nitrogens with zero attached hydrogens (tertiary/aromatic N) is 2. The molecule has 2 rings (SSSR count). The maximum atomic E-state index is 5.80. The molecule has 0 bridgehead atoms. The Labute approximate surface area is 124 Å². The minimum absolute atomic E-state index is 0.235. The normalized spacial score (nSPS) is 10.9. The molecule has 0 aliphatic heterocycles. The molecule has 0 spiro atoms. The third kappa shape index (κ3) is 3.95. The van der Waals surface area contributed by atoms with E-state index < -0.39 is 0 Å². The van der Waals surface area contributed by atoms with Crippen LogP contribution in [0.15, 0.2) is 22.7 Å². The standard InChI is InChI=1S/C15H21N3O3/c1-10(2)15-17-14(21-18-15)9-20-13-7-12(19-4)6-5-11(13)8-16-3/h5-7,10,16H,8-9H2,1-4H3. The third-order valence-corrected chi connectivity index (χ3v) is 2.99. The second-order valence-corrected chi connectivity index (χ2v) is 4.99. The Morgan fingerprint density at radius 1 is 1.33 bits per heavy atom. The van der Waals surface area contributed by atoms with Crippen molar-refractivity contribution in [2.45, 2.75) is 32.9 Å². The molecule has 6 nitrogen and oxygen atoms in total. The predicted molar refractivity (Wildman–Crippen MR) is 78.5 cm³/mol. The van der Waals surface area contributed by atoms with Crippen molar-refractivity contribution in [2.24, 2.45) is 0 Å². The summed E-state index contributed by atoms with van der Waals surface area (Å²) >= 11 is 0. The molecular weight excluding hydrogens is 270 g/mol. The summed E-state index contributed by atoms with van der Waals surface area (Å²) in [6, 6.07) is 5.73. The molecule has 0 aliphatic carbocycles. The molecule has 1 heterocycles. The van der Waals surface area contributed by atoms with Crippen LogP contribution >= 0.6 is 0 Å².